The first-order valence-electron chi connectivity index (χ1n) is 9.73. The number of amides is 2. The molecule has 2 unspecified atom stereocenters. The lowest BCUT2D eigenvalue weighted by atomic mass is 10.1. The third kappa shape index (κ3) is 5.49. The van der Waals surface area contributed by atoms with E-state index in [2.05, 4.69) is 20.9 Å². The highest BCUT2D eigenvalue weighted by Crippen LogP contribution is 2.34. The maximum atomic E-state index is 13.3. The molecule has 160 valence electrons. The standard InChI is InChI=1S/C22H21FN4O2S2/c1-13-20(31-21(24-13)14-6-3-2-4-7-14)17-11-18(28)27-22(26-17)30-12-19(29)25-16-9-5-8-15(23)10-16/h2-10,17,22,26H,11-12H2,1H3,(H,25,29)(H,27,28). The van der Waals surface area contributed by atoms with E-state index in [-0.39, 0.29) is 23.6 Å². The van der Waals surface area contributed by atoms with E-state index in [1.54, 1.807) is 17.4 Å². The molecule has 0 aliphatic carbocycles. The number of thioether (sulfide) groups is 1. The van der Waals surface area contributed by atoms with Crippen molar-refractivity contribution in [2.24, 2.45) is 0 Å². The fourth-order valence-electron chi connectivity index (χ4n) is 3.29. The van der Waals surface area contributed by atoms with Crippen LogP contribution in [0.1, 0.15) is 23.0 Å². The molecular weight excluding hydrogens is 435 g/mol. The van der Waals surface area contributed by atoms with Crippen LogP contribution in [-0.4, -0.2) is 28.0 Å². The lowest BCUT2D eigenvalue weighted by Crippen LogP contribution is -2.51. The molecule has 3 aromatic rings. The normalized spacial score (nSPS) is 18.5. The van der Waals surface area contributed by atoms with Crippen molar-refractivity contribution in [3.63, 3.8) is 0 Å². The van der Waals surface area contributed by atoms with E-state index < -0.39 is 11.3 Å². The number of aromatic nitrogens is 1. The van der Waals surface area contributed by atoms with Gasteiger partial charge in [-0.2, -0.15) is 0 Å². The number of carbonyl (C=O) groups is 2. The molecule has 1 aliphatic heterocycles. The van der Waals surface area contributed by atoms with Gasteiger partial charge in [0.1, 0.15) is 16.3 Å². The van der Waals surface area contributed by atoms with Gasteiger partial charge >= 0.3 is 0 Å². The van der Waals surface area contributed by atoms with E-state index in [1.165, 1.54) is 30.0 Å². The van der Waals surface area contributed by atoms with Crippen molar-refractivity contribution in [2.75, 3.05) is 11.1 Å². The van der Waals surface area contributed by atoms with Crippen LogP contribution in [0.2, 0.25) is 0 Å². The van der Waals surface area contributed by atoms with Crippen molar-refractivity contribution < 1.29 is 14.0 Å². The summed E-state index contributed by atoms with van der Waals surface area (Å²) in [5.41, 5.74) is 1.93. The summed E-state index contributed by atoms with van der Waals surface area (Å²) >= 11 is 2.85. The number of carbonyl (C=O) groups excluding carboxylic acids is 2. The predicted octanol–water partition coefficient (Wildman–Crippen LogP) is 4.06. The number of hydrogen-bond donors (Lipinski definition) is 3. The Morgan fingerprint density at radius 3 is 2.84 bits per heavy atom. The van der Waals surface area contributed by atoms with Gasteiger partial charge in [-0.25, -0.2) is 9.37 Å². The average molecular weight is 457 g/mol. The Kier molecular flexibility index (Phi) is 6.64. The average Bonchev–Trinajstić information content (AvgIpc) is 3.14. The molecule has 2 atom stereocenters. The predicted molar refractivity (Wildman–Crippen MR) is 122 cm³/mol. The summed E-state index contributed by atoms with van der Waals surface area (Å²) < 4.78 is 13.3. The SMILES string of the molecule is Cc1nc(-c2ccccc2)sc1C1CC(=O)NC(SCC(=O)Nc2cccc(F)c2)N1. The first kappa shape index (κ1) is 21.5. The Morgan fingerprint density at radius 1 is 1.26 bits per heavy atom. The quantitative estimate of drug-likeness (QED) is 0.521. The molecule has 1 aromatic heterocycles. The van der Waals surface area contributed by atoms with E-state index in [1.807, 2.05) is 37.3 Å². The number of anilines is 1. The van der Waals surface area contributed by atoms with Crippen LogP contribution < -0.4 is 16.0 Å². The summed E-state index contributed by atoms with van der Waals surface area (Å²) in [7, 11) is 0. The smallest absolute Gasteiger partial charge is 0.234 e. The Balaban J connectivity index is 1.39. The fraction of sp³-hybridized carbons (Fsp3) is 0.227. The first-order chi connectivity index (χ1) is 15.0. The van der Waals surface area contributed by atoms with Crippen LogP contribution in [0.4, 0.5) is 10.1 Å². The number of benzene rings is 2. The van der Waals surface area contributed by atoms with Gasteiger partial charge in [-0.3, -0.25) is 14.9 Å². The molecule has 0 bridgehead atoms. The third-order valence-corrected chi connectivity index (χ3v) is 7.03. The van der Waals surface area contributed by atoms with Crippen LogP contribution in [0.25, 0.3) is 10.6 Å². The number of hydrogen-bond acceptors (Lipinski definition) is 6. The van der Waals surface area contributed by atoms with E-state index in [9.17, 15) is 14.0 Å². The van der Waals surface area contributed by atoms with Gasteiger partial charge in [0.2, 0.25) is 11.8 Å². The number of rotatable bonds is 6. The molecule has 9 heteroatoms. The second-order valence-corrected chi connectivity index (χ2v) is 9.20. The third-order valence-electron chi connectivity index (χ3n) is 4.69. The van der Waals surface area contributed by atoms with Gasteiger partial charge in [0, 0.05) is 22.5 Å². The van der Waals surface area contributed by atoms with Crippen LogP contribution in [0.3, 0.4) is 0 Å². The van der Waals surface area contributed by atoms with Gasteiger partial charge in [0.25, 0.3) is 0 Å². The summed E-state index contributed by atoms with van der Waals surface area (Å²) in [4.78, 5) is 30.2. The monoisotopic (exact) mass is 456 g/mol. The summed E-state index contributed by atoms with van der Waals surface area (Å²) in [6, 6.07) is 15.5. The molecule has 0 saturated carbocycles. The van der Waals surface area contributed by atoms with Crippen LogP contribution >= 0.6 is 23.1 Å². The van der Waals surface area contributed by atoms with Crippen molar-refractivity contribution in [3.8, 4) is 10.6 Å². The van der Waals surface area contributed by atoms with Crippen LogP contribution in [0, 0.1) is 12.7 Å². The van der Waals surface area contributed by atoms with E-state index >= 15 is 0 Å². The lowest BCUT2D eigenvalue weighted by Gasteiger charge is -2.30. The number of aryl methyl sites for hydroxylation is 1. The second-order valence-electron chi connectivity index (χ2n) is 7.08. The molecule has 1 fully saturated rings. The minimum Gasteiger partial charge on any atom is -0.332 e. The Labute approximate surface area is 187 Å². The molecule has 2 heterocycles. The molecule has 6 nitrogen and oxygen atoms in total. The van der Waals surface area contributed by atoms with Crippen molar-refractivity contribution in [1.82, 2.24) is 15.6 Å². The highest BCUT2D eigenvalue weighted by Gasteiger charge is 2.30. The molecule has 1 saturated heterocycles. The van der Waals surface area contributed by atoms with Crippen molar-refractivity contribution in [3.05, 3.63) is 71.0 Å². The Bertz CT molecular complexity index is 1090. The van der Waals surface area contributed by atoms with Crippen molar-refractivity contribution in [2.45, 2.75) is 24.9 Å². The number of nitrogens with one attached hydrogen (secondary N) is 3. The molecule has 2 aromatic carbocycles. The zero-order valence-electron chi connectivity index (χ0n) is 16.7. The minimum absolute atomic E-state index is 0.0825. The van der Waals surface area contributed by atoms with Crippen LogP contribution in [0.5, 0.6) is 0 Å². The van der Waals surface area contributed by atoms with E-state index in [0.717, 1.165) is 21.1 Å². The van der Waals surface area contributed by atoms with Gasteiger partial charge < -0.3 is 10.6 Å². The molecular formula is C22H21FN4O2S2. The van der Waals surface area contributed by atoms with Crippen molar-refractivity contribution in [1.29, 1.82) is 0 Å². The van der Waals surface area contributed by atoms with Crippen LogP contribution in [-0.2, 0) is 9.59 Å². The highest BCUT2D eigenvalue weighted by molar-refractivity contribution is 8.00. The highest BCUT2D eigenvalue weighted by atomic mass is 32.2. The fourth-order valence-corrected chi connectivity index (χ4v) is 5.29. The molecule has 4 rings (SSSR count). The van der Waals surface area contributed by atoms with Crippen LogP contribution in [0.15, 0.2) is 54.6 Å². The topological polar surface area (TPSA) is 83.1 Å². The van der Waals surface area contributed by atoms with E-state index in [4.69, 9.17) is 0 Å². The maximum Gasteiger partial charge on any atom is 0.234 e. The first-order valence-corrected chi connectivity index (χ1v) is 11.6. The van der Waals surface area contributed by atoms with Gasteiger partial charge in [-0.1, -0.05) is 36.4 Å². The summed E-state index contributed by atoms with van der Waals surface area (Å²) in [6.45, 7) is 1.95. The lowest BCUT2D eigenvalue weighted by molar-refractivity contribution is -0.123. The minimum atomic E-state index is -0.413. The zero-order valence-corrected chi connectivity index (χ0v) is 18.4. The summed E-state index contributed by atoms with van der Waals surface area (Å²) in [5.74, 6) is -0.655. The van der Waals surface area contributed by atoms with Gasteiger partial charge in [0.05, 0.1) is 17.5 Å². The summed E-state index contributed by atoms with van der Waals surface area (Å²) in [5, 5.41) is 9.83. The second kappa shape index (κ2) is 9.59. The molecule has 2 amide bonds. The van der Waals surface area contributed by atoms with Gasteiger partial charge in [-0.05, 0) is 25.1 Å². The number of halogens is 1. The van der Waals surface area contributed by atoms with Crippen molar-refractivity contribution >= 4 is 40.6 Å². The molecule has 0 spiro atoms. The Morgan fingerprint density at radius 2 is 2.06 bits per heavy atom. The number of nitrogens with zero attached hydrogens (tertiary/aromatic N) is 1. The molecule has 31 heavy (non-hydrogen) atoms. The number of thiazole rings is 1. The molecule has 3 N–H and O–H groups in total. The van der Waals surface area contributed by atoms with E-state index in [0.29, 0.717) is 12.1 Å². The zero-order chi connectivity index (χ0) is 21.8. The van der Waals surface area contributed by atoms with Gasteiger partial charge in [0.15, 0.2) is 0 Å². The van der Waals surface area contributed by atoms with Gasteiger partial charge in [-0.15, -0.1) is 23.1 Å². The largest absolute Gasteiger partial charge is 0.332 e. The summed E-state index contributed by atoms with van der Waals surface area (Å²) in [6.07, 6.45) is 0.309. The maximum absolute atomic E-state index is 13.3. The molecule has 0 radical (unpaired) electrons. The Hall–Kier alpha value is -2.75. The molecule has 1 aliphatic rings.